The van der Waals surface area contributed by atoms with E-state index < -0.39 is 17.2 Å². The molecule has 0 unspecified atom stereocenters. The van der Waals surface area contributed by atoms with Gasteiger partial charge in [-0.15, -0.1) is 0 Å². The lowest BCUT2D eigenvalue weighted by Crippen LogP contribution is -2.38. The number of H-pyrrole nitrogens is 1. The van der Waals surface area contributed by atoms with Gasteiger partial charge in [-0.1, -0.05) is 36.4 Å². The highest BCUT2D eigenvalue weighted by molar-refractivity contribution is 6.23. The van der Waals surface area contributed by atoms with E-state index in [0.29, 0.717) is 53.5 Å². The molecule has 8 heteroatoms. The summed E-state index contributed by atoms with van der Waals surface area (Å²) < 4.78 is 12.1. The second-order valence-corrected chi connectivity index (χ2v) is 8.02. The third kappa shape index (κ3) is 3.30. The molecule has 1 atom stereocenters. The molecule has 1 aliphatic heterocycles. The van der Waals surface area contributed by atoms with Gasteiger partial charge in [-0.25, -0.2) is 4.79 Å². The molecule has 0 radical (unpaired) electrons. The van der Waals surface area contributed by atoms with E-state index in [0.717, 1.165) is 11.1 Å². The highest BCUT2D eigenvalue weighted by atomic mass is 16.5. The van der Waals surface area contributed by atoms with Gasteiger partial charge < -0.3 is 14.8 Å². The maximum absolute atomic E-state index is 13.5. The molecular weight excluding hydrogens is 422 g/mol. The molecule has 0 saturated heterocycles. The van der Waals surface area contributed by atoms with E-state index in [2.05, 4.69) is 10.3 Å². The molecule has 2 aliphatic rings. The molecule has 0 amide bonds. The van der Waals surface area contributed by atoms with Gasteiger partial charge in [0.25, 0.3) is 5.56 Å². The summed E-state index contributed by atoms with van der Waals surface area (Å²) in [5, 5.41) is 3.28. The van der Waals surface area contributed by atoms with Crippen LogP contribution in [-0.2, 0) is 11.3 Å². The van der Waals surface area contributed by atoms with Crippen molar-refractivity contribution in [2.24, 2.45) is 0 Å². The van der Waals surface area contributed by atoms with Gasteiger partial charge in [0.15, 0.2) is 5.78 Å². The van der Waals surface area contributed by atoms with E-state index in [1.54, 1.807) is 20.3 Å². The van der Waals surface area contributed by atoms with Gasteiger partial charge in [0.2, 0.25) is 0 Å². The predicted molar refractivity (Wildman–Crippen MR) is 124 cm³/mol. The van der Waals surface area contributed by atoms with Gasteiger partial charge in [-0.3, -0.25) is 19.1 Å². The molecule has 2 aromatic carbocycles. The Hall–Kier alpha value is -3.91. The van der Waals surface area contributed by atoms with E-state index in [-0.39, 0.29) is 5.78 Å². The number of aromatic nitrogens is 2. The number of rotatable bonds is 6. The molecule has 2 N–H and O–H groups in total. The van der Waals surface area contributed by atoms with Crippen molar-refractivity contribution < 1.29 is 14.3 Å². The second kappa shape index (κ2) is 8.22. The van der Waals surface area contributed by atoms with Crippen molar-refractivity contribution in [2.75, 3.05) is 26.1 Å². The number of benzene rings is 2. The van der Waals surface area contributed by atoms with Gasteiger partial charge in [0.1, 0.15) is 11.6 Å². The molecule has 2 heterocycles. The number of Topliss-reactive ketones (excluding diaryl/α,β-unsaturated/α-hetero) is 1. The number of nitrogens with zero attached hydrogens (tertiary/aromatic N) is 1. The van der Waals surface area contributed by atoms with Crippen molar-refractivity contribution in [3.8, 4) is 5.75 Å². The van der Waals surface area contributed by atoms with Crippen molar-refractivity contribution in [2.45, 2.75) is 18.9 Å². The van der Waals surface area contributed by atoms with Crippen LogP contribution >= 0.6 is 0 Å². The minimum atomic E-state index is -0.663. The number of methoxy groups -OCH3 is 2. The fraction of sp³-hybridized carbons (Fsp3) is 0.240. The first-order valence-corrected chi connectivity index (χ1v) is 10.7. The lowest BCUT2D eigenvalue weighted by atomic mass is 9.81. The molecule has 1 aromatic heterocycles. The third-order valence-electron chi connectivity index (χ3n) is 6.17. The van der Waals surface area contributed by atoms with Crippen LogP contribution in [0.25, 0.3) is 5.70 Å². The number of allylic oxidation sites excluding steroid dienone is 1. The average Bonchev–Trinajstić information content (AvgIpc) is 3.12. The quantitative estimate of drug-likeness (QED) is 0.566. The van der Waals surface area contributed by atoms with Crippen molar-refractivity contribution >= 4 is 17.3 Å². The first-order valence-electron chi connectivity index (χ1n) is 10.7. The fourth-order valence-electron chi connectivity index (χ4n) is 4.70. The van der Waals surface area contributed by atoms with Gasteiger partial charge in [-0.2, -0.15) is 0 Å². The number of hydrogen-bond acceptors (Lipinski definition) is 6. The Morgan fingerprint density at radius 1 is 1.00 bits per heavy atom. The zero-order chi connectivity index (χ0) is 23.1. The number of carbonyl (C=O) groups is 1. The molecule has 33 heavy (non-hydrogen) atoms. The zero-order valence-corrected chi connectivity index (χ0v) is 18.3. The van der Waals surface area contributed by atoms with Crippen LogP contribution in [0.1, 0.15) is 39.4 Å². The minimum Gasteiger partial charge on any atom is -0.497 e. The number of anilines is 1. The van der Waals surface area contributed by atoms with E-state index in [4.69, 9.17) is 9.47 Å². The molecule has 8 nitrogen and oxygen atoms in total. The first-order chi connectivity index (χ1) is 16.0. The Morgan fingerprint density at radius 3 is 2.55 bits per heavy atom. The summed E-state index contributed by atoms with van der Waals surface area (Å²) in [7, 11) is 3.16. The number of hydrogen-bond donors (Lipinski definition) is 2. The molecule has 0 saturated carbocycles. The van der Waals surface area contributed by atoms with Crippen molar-refractivity contribution in [3.05, 3.63) is 97.2 Å². The Balaban J connectivity index is 1.79. The van der Waals surface area contributed by atoms with Crippen LogP contribution in [0, 0.1) is 0 Å². The summed E-state index contributed by atoms with van der Waals surface area (Å²) in [5.74, 6) is 0.214. The lowest BCUT2D eigenvalue weighted by Gasteiger charge is -2.30. The number of aromatic amines is 1. The Bertz CT molecular complexity index is 1420. The van der Waals surface area contributed by atoms with Crippen LogP contribution in [0.2, 0.25) is 0 Å². The summed E-state index contributed by atoms with van der Waals surface area (Å²) in [6.07, 6.45) is 0.585. The highest BCUT2D eigenvalue weighted by Gasteiger charge is 2.42. The molecule has 168 valence electrons. The number of fused-ring (bicyclic) bond motifs is 3. The van der Waals surface area contributed by atoms with Crippen LogP contribution in [0.3, 0.4) is 0 Å². The number of ketones is 1. The summed E-state index contributed by atoms with van der Waals surface area (Å²) in [6, 6.07) is 14.6. The van der Waals surface area contributed by atoms with E-state index >= 15 is 0 Å². The van der Waals surface area contributed by atoms with Crippen LogP contribution in [0.15, 0.2) is 63.7 Å². The van der Waals surface area contributed by atoms with Gasteiger partial charge in [0, 0.05) is 42.9 Å². The number of ether oxygens (including phenoxy) is 2. The van der Waals surface area contributed by atoms with Crippen LogP contribution in [-0.4, -0.2) is 36.2 Å². The monoisotopic (exact) mass is 445 g/mol. The maximum atomic E-state index is 13.5. The molecule has 5 rings (SSSR count). The van der Waals surface area contributed by atoms with Crippen molar-refractivity contribution in [3.63, 3.8) is 0 Å². The summed E-state index contributed by atoms with van der Waals surface area (Å²) in [4.78, 5) is 41.9. The SMILES string of the molecule is COCCCn1c2c(c(=O)[nH]c1=O)[C@H](c1cccc(OC)c1)C1=C(N2)c2ccccc2C1=O. The molecule has 0 fully saturated rings. The standard InChI is InChI=1S/C25H23N3O5/c1-32-12-6-11-28-23-20(24(30)27-25(28)31)18(14-7-5-8-15(13-14)33-2)19-21(26-23)16-9-3-4-10-17(16)22(19)29/h3-5,7-10,13,18,26H,6,11-12H2,1-2H3,(H,27,30,31)/t18-/m1/s1. The molecule has 1 aliphatic carbocycles. The smallest absolute Gasteiger partial charge is 0.329 e. The summed E-state index contributed by atoms with van der Waals surface area (Å²) >= 11 is 0. The van der Waals surface area contributed by atoms with Crippen LogP contribution < -0.4 is 21.3 Å². The van der Waals surface area contributed by atoms with Gasteiger partial charge in [0.05, 0.1) is 18.4 Å². The fourth-order valence-corrected chi connectivity index (χ4v) is 4.70. The van der Waals surface area contributed by atoms with Gasteiger partial charge in [-0.05, 0) is 24.1 Å². The third-order valence-corrected chi connectivity index (χ3v) is 6.17. The second-order valence-electron chi connectivity index (χ2n) is 8.02. The van der Waals surface area contributed by atoms with Crippen molar-refractivity contribution in [1.29, 1.82) is 0 Å². The highest BCUT2D eigenvalue weighted by Crippen LogP contribution is 2.48. The zero-order valence-electron chi connectivity index (χ0n) is 18.3. The van der Waals surface area contributed by atoms with E-state index in [9.17, 15) is 14.4 Å². The maximum Gasteiger partial charge on any atom is 0.329 e. The Kier molecular flexibility index (Phi) is 5.22. The summed E-state index contributed by atoms with van der Waals surface area (Å²) in [5.41, 5.74) is 2.49. The number of carbonyl (C=O) groups excluding carboxylic acids is 1. The summed E-state index contributed by atoms with van der Waals surface area (Å²) in [6.45, 7) is 0.816. The normalized spacial score (nSPS) is 16.2. The van der Waals surface area contributed by atoms with E-state index in [1.807, 2.05) is 42.5 Å². The molecule has 3 aromatic rings. The topological polar surface area (TPSA) is 102 Å². The van der Waals surface area contributed by atoms with Crippen LogP contribution in [0.4, 0.5) is 5.82 Å². The number of nitrogens with one attached hydrogen (secondary N) is 2. The largest absolute Gasteiger partial charge is 0.497 e. The van der Waals surface area contributed by atoms with Gasteiger partial charge >= 0.3 is 5.69 Å². The van der Waals surface area contributed by atoms with Crippen LogP contribution in [0.5, 0.6) is 5.75 Å². The van der Waals surface area contributed by atoms with E-state index in [1.165, 1.54) is 4.57 Å². The molecule has 0 spiro atoms. The average molecular weight is 445 g/mol. The minimum absolute atomic E-state index is 0.136. The molecular formula is C25H23N3O5. The predicted octanol–water partition coefficient (Wildman–Crippen LogP) is 2.75. The lowest BCUT2D eigenvalue weighted by molar-refractivity contribution is 0.103. The first kappa shape index (κ1) is 21.0. The molecule has 0 bridgehead atoms. The Labute approximate surface area is 189 Å². The van der Waals surface area contributed by atoms with Crippen molar-refractivity contribution in [1.82, 2.24) is 9.55 Å². The Morgan fingerprint density at radius 2 is 1.79 bits per heavy atom.